The Morgan fingerprint density at radius 1 is 1.53 bits per heavy atom. The summed E-state index contributed by atoms with van der Waals surface area (Å²) in [5.41, 5.74) is 6.40. The van der Waals surface area contributed by atoms with Gasteiger partial charge in [-0.15, -0.1) is 0 Å². The Labute approximate surface area is 117 Å². The average Bonchev–Trinajstić information content (AvgIpc) is 3.13. The second-order valence-corrected chi connectivity index (χ2v) is 5.45. The van der Waals surface area contributed by atoms with Gasteiger partial charge < -0.3 is 10.6 Å². The van der Waals surface area contributed by atoms with Crippen LogP contribution in [0.4, 0.5) is 4.39 Å². The largest absolute Gasteiger partial charge is 0.393 e. The molecular weight excluding hydrogens is 263 g/mol. The third-order valence-corrected chi connectivity index (χ3v) is 3.41. The standard InChI is InChI=1S/C14H17FN2OS/c1-9-2-5-11(12(15)8-9)14(18)17(10-3-4-10)7-6-13(16)19/h2,5,8,10H,3-4,6-7H2,1H3,(H2,16,19). The second kappa shape index (κ2) is 5.65. The number of nitrogens with two attached hydrogens (primary N) is 1. The molecule has 1 aromatic carbocycles. The van der Waals surface area contributed by atoms with Gasteiger partial charge in [0.15, 0.2) is 0 Å². The minimum Gasteiger partial charge on any atom is -0.393 e. The van der Waals surface area contributed by atoms with E-state index in [0.717, 1.165) is 18.4 Å². The van der Waals surface area contributed by atoms with E-state index in [1.54, 1.807) is 24.0 Å². The molecule has 0 saturated heterocycles. The monoisotopic (exact) mass is 280 g/mol. The Kier molecular flexibility index (Phi) is 4.14. The van der Waals surface area contributed by atoms with Crippen molar-refractivity contribution >= 4 is 23.1 Å². The van der Waals surface area contributed by atoms with Gasteiger partial charge in [0.05, 0.1) is 10.6 Å². The smallest absolute Gasteiger partial charge is 0.257 e. The van der Waals surface area contributed by atoms with E-state index in [9.17, 15) is 9.18 Å². The van der Waals surface area contributed by atoms with Crippen molar-refractivity contribution in [3.63, 3.8) is 0 Å². The lowest BCUT2D eigenvalue weighted by molar-refractivity contribution is 0.0743. The molecule has 2 rings (SSSR count). The lowest BCUT2D eigenvalue weighted by Crippen LogP contribution is -2.36. The fourth-order valence-corrected chi connectivity index (χ4v) is 2.11. The van der Waals surface area contributed by atoms with Gasteiger partial charge >= 0.3 is 0 Å². The Bertz CT molecular complexity index is 514. The molecule has 1 aliphatic rings. The molecule has 1 amide bonds. The van der Waals surface area contributed by atoms with E-state index in [1.165, 1.54) is 6.07 Å². The molecule has 1 saturated carbocycles. The first kappa shape index (κ1) is 13.9. The van der Waals surface area contributed by atoms with Crippen LogP contribution in [0.1, 0.15) is 35.2 Å². The number of hydrogen-bond acceptors (Lipinski definition) is 2. The molecular formula is C14H17FN2OS. The molecule has 0 aliphatic heterocycles. The molecule has 0 atom stereocenters. The zero-order chi connectivity index (χ0) is 14.0. The number of halogens is 1. The van der Waals surface area contributed by atoms with Gasteiger partial charge in [0, 0.05) is 19.0 Å². The molecule has 5 heteroatoms. The highest BCUT2D eigenvalue weighted by Gasteiger charge is 2.33. The van der Waals surface area contributed by atoms with Crippen LogP contribution < -0.4 is 5.73 Å². The van der Waals surface area contributed by atoms with Crippen molar-refractivity contribution in [2.24, 2.45) is 5.73 Å². The van der Waals surface area contributed by atoms with Crippen LogP contribution in [0.2, 0.25) is 0 Å². The maximum Gasteiger partial charge on any atom is 0.257 e. The first-order valence-corrected chi connectivity index (χ1v) is 6.75. The highest BCUT2D eigenvalue weighted by molar-refractivity contribution is 7.80. The zero-order valence-corrected chi connectivity index (χ0v) is 11.7. The van der Waals surface area contributed by atoms with E-state index in [4.69, 9.17) is 18.0 Å². The predicted octanol–water partition coefficient (Wildman–Crippen LogP) is 2.41. The highest BCUT2D eigenvalue weighted by atomic mass is 32.1. The number of carbonyl (C=O) groups excluding carboxylic acids is 1. The molecule has 1 fully saturated rings. The molecule has 19 heavy (non-hydrogen) atoms. The molecule has 2 N–H and O–H groups in total. The van der Waals surface area contributed by atoms with Crippen LogP contribution in [-0.4, -0.2) is 28.4 Å². The first-order valence-electron chi connectivity index (χ1n) is 6.34. The number of amides is 1. The van der Waals surface area contributed by atoms with E-state index in [2.05, 4.69) is 0 Å². The molecule has 0 spiro atoms. The lowest BCUT2D eigenvalue weighted by Gasteiger charge is -2.22. The summed E-state index contributed by atoms with van der Waals surface area (Å²) in [5.74, 6) is -0.734. The van der Waals surface area contributed by atoms with Crippen molar-refractivity contribution in [3.05, 3.63) is 35.1 Å². The average molecular weight is 280 g/mol. The Morgan fingerprint density at radius 2 is 2.21 bits per heavy atom. The molecule has 0 heterocycles. The maximum atomic E-state index is 13.8. The topological polar surface area (TPSA) is 46.3 Å². The van der Waals surface area contributed by atoms with Gasteiger partial charge in [-0.2, -0.15) is 0 Å². The Hall–Kier alpha value is -1.49. The molecule has 1 aromatic rings. The molecule has 0 bridgehead atoms. The van der Waals surface area contributed by atoms with Gasteiger partial charge in [-0.05, 0) is 37.5 Å². The molecule has 3 nitrogen and oxygen atoms in total. The third-order valence-electron chi connectivity index (χ3n) is 3.20. The number of hydrogen-bond donors (Lipinski definition) is 1. The maximum absolute atomic E-state index is 13.8. The normalized spacial score (nSPS) is 14.2. The summed E-state index contributed by atoms with van der Waals surface area (Å²) in [6.45, 7) is 2.26. The minimum absolute atomic E-state index is 0.125. The van der Waals surface area contributed by atoms with Gasteiger partial charge in [-0.1, -0.05) is 18.3 Å². The van der Waals surface area contributed by atoms with E-state index in [1.807, 2.05) is 0 Å². The SMILES string of the molecule is Cc1ccc(C(=O)N(CCC(N)=S)C2CC2)c(F)c1. The van der Waals surface area contributed by atoms with Gasteiger partial charge in [0.2, 0.25) is 0 Å². The number of carbonyl (C=O) groups is 1. The Morgan fingerprint density at radius 3 is 2.74 bits per heavy atom. The van der Waals surface area contributed by atoms with E-state index >= 15 is 0 Å². The van der Waals surface area contributed by atoms with Crippen molar-refractivity contribution in [2.75, 3.05) is 6.54 Å². The van der Waals surface area contributed by atoms with Crippen molar-refractivity contribution in [3.8, 4) is 0 Å². The van der Waals surface area contributed by atoms with Crippen molar-refractivity contribution in [1.82, 2.24) is 4.90 Å². The summed E-state index contributed by atoms with van der Waals surface area (Å²) in [4.78, 5) is 14.4. The van der Waals surface area contributed by atoms with Crippen LogP contribution in [0.3, 0.4) is 0 Å². The molecule has 0 unspecified atom stereocenters. The number of nitrogens with zero attached hydrogens (tertiary/aromatic N) is 1. The molecule has 0 radical (unpaired) electrons. The van der Waals surface area contributed by atoms with Crippen LogP contribution in [0, 0.1) is 12.7 Å². The number of benzene rings is 1. The summed E-state index contributed by atoms with van der Waals surface area (Å²) >= 11 is 4.83. The van der Waals surface area contributed by atoms with Crippen LogP contribution >= 0.6 is 12.2 Å². The van der Waals surface area contributed by atoms with E-state index < -0.39 is 5.82 Å². The number of rotatable bonds is 5. The zero-order valence-electron chi connectivity index (χ0n) is 10.9. The second-order valence-electron chi connectivity index (χ2n) is 4.93. The van der Waals surface area contributed by atoms with Crippen molar-refractivity contribution < 1.29 is 9.18 Å². The van der Waals surface area contributed by atoms with Gasteiger partial charge in [0.25, 0.3) is 5.91 Å². The molecule has 1 aliphatic carbocycles. The predicted molar refractivity (Wildman–Crippen MR) is 76.6 cm³/mol. The van der Waals surface area contributed by atoms with E-state index in [0.29, 0.717) is 18.0 Å². The molecule has 0 aromatic heterocycles. The van der Waals surface area contributed by atoms with Crippen molar-refractivity contribution in [1.29, 1.82) is 0 Å². The van der Waals surface area contributed by atoms with Gasteiger partial charge in [-0.25, -0.2) is 4.39 Å². The van der Waals surface area contributed by atoms with E-state index in [-0.39, 0.29) is 17.5 Å². The fraction of sp³-hybridized carbons (Fsp3) is 0.429. The molecule has 102 valence electrons. The quantitative estimate of drug-likeness (QED) is 0.843. The third kappa shape index (κ3) is 3.50. The summed E-state index contributed by atoms with van der Waals surface area (Å²) in [6.07, 6.45) is 2.41. The Balaban J connectivity index is 2.16. The van der Waals surface area contributed by atoms with Gasteiger partial charge in [-0.3, -0.25) is 4.79 Å². The van der Waals surface area contributed by atoms with Crippen LogP contribution in [-0.2, 0) is 0 Å². The van der Waals surface area contributed by atoms with Gasteiger partial charge in [0.1, 0.15) is 5.82 Å². The number of aryl methyl sites for hydroxylation is 1. The first-order chi connectivity index (χ1) is 8.99. The van der Waals surface area contributed by atoms with Crippen molar-refractivity contribution in [2.45, 2.75) is 32.2 Å². The minimum atomic E-state index is -0.467. The fourth-order valence-electron chi connectivity index (χ4n) is 2.02. The summed E-state index contributed by atoms with van der Waals surface area (Å²) < 4.78 is 13.8. The summed E-state index contributed by atoms with van der Waals surface area (Å²) in [6, 6.07) is 4.88. The van der Waals surface area contributed by atoms with Crippen LogP contribution in [0.25, 0.3) is 0 Å². The van der Waals surface area contributed by atoms with Crippen LogP contribution in [0.5, 0.6) is 0 Å². The van der Waals surface area contributed by atoms with Crippen LogP contribution in [0.15, 0.2) is 18.2 Å². The number of thiocarbonyl (C=S) groups is 1. The summed E-state index contributed by atoms with van der Waals surface area (Å²) in [7, 11) is 0. The highest BCUT2D eigenvalue weighted by Crippen LogP contribution is 2.29. The lowest BCUT2D eigenvalue weighted by atomic mass is 10.1. The summed E-state index contributed by atoms with van der Waals surface area (Å²) in [5, 5.41) is 0.